The molecule has 0 saturated heterocycles. The van der Waals surface area contributed by atoms with Crippen molar-refractivity contribution in [1.29, 1.82) is 5.41 Å². The van der Waals surface area contributed by atoms with Crippen LogP contribution in [-0.2, 0) is 0 Å². The fourth-order valence-corrected chi connectivity index (χ4v) is 2.15. The zero-order valence-corrected chi connectivity index (χ0v) is 9.81. The SMILES string of the molecule is Cc1nc(Sc2ccc(F)cc2C(=N)N)n[nH]1. The van der Waals surface area contributed by atoms with E-state index >= 15 is 0 Å². The second-order valence-electron chi connectivity index (χ2n) is 3.36. The Balaban J connectivity index is 2.35. The maximum atomic E-state index is 13.1. The number of nitrogens with zero attached hydrogens (tertiary/aromatic N) is 2. The summed E-state index contributed by atoms with van der Waals surface area (Å²) in [6.45, 7) is 1.79. The number of halogens is 1. The van der Waals surface area contributed by atoms with Crippen LogP contribution in [0.15, 0.2) is 28.3 Å². The van der Waals surface area contributed by atoms with Crippen molar-refractivity contribution in [3.63, 3.8) is 0 Å². The first kappa shape index (κ1) is 11.6. The van der Waals surface area contributed by atoms with E-state index in [4.69, 9.17) is 11.1 Å². The second-order valence-corrected chi connectivity index (χ2v) is 4.37. The first-order valence-corrected chi connectivity index (χ1v) is 5.58. The van der Waals surface area contributed by atoms with Gasteiger partial charge in [-0.1, -0.05) is 0 Å². The molecular formula is C10H10FN5S. The average molecular weight is 251 g/mol. The molecule has 1 aromatic carbocycles. The quantitative estimate of drug-likeness (QED) is 0.571. The predicted molar refractivity (Wildman–Crippen MR) is 62.7 cm³/mol. The zero-order chi connectivity index (χ0) is 12.4. The fourth-order valence-electron chi connectivity index (χ4n) is 1.27. The van der Waals surface area contributed by atoms with Crippen LogP contribution in [0.2, 0.25) is 0 Å². The Bertz CT molecular complexity index is 566. The van der Waals surface area contributed by atoms with Gasteiger partial charge in [0.2, 0.25) is 5.16 Å². The Kier molecular flexibility index (Phi) is 3.10. The van der Waals surface area contributed by atoms with Gasteiger partial charge in [-0.15, -0.1) is 5.10 Å². The molecule has 0 aliphatic heterocycles. The van der Waals surface area contributed by atoms with Gasteiger partial charge in [-0.25, -0.2) is 9.37 Å². The van der Waals surface area contributed by atoms with E-state index in [1.54, 1.807) is 13.0 Å². The minimum Gasteiger partial charge on any atom is -0.384 e. The molecule has 0 spiro atoms. The molecule has 88 valence electrons. The third-order valence-corrected chi connectivity index (χ3v) is 2.95. The van der Waals surface area contributed by atoms with E-state index in [2.05, 4.69) is 15.2 Å². The number of H-pyrrole nitrogens is 1. The van der Waals surface area contributed by atoms with Crippen molar-refractivity contribution in [3.8, 4) is 0 Å². The summed E-state index contributed by atoms with van der Waals surface area (Å²) in [5, 5.41) is 14.6. The van der Waals surface area contributed by atoms with E-state index in [0.29, 0.717) is 21.4 Å². The first-order valence-electron chi connectivity index (χ1n) is 4.77. The van der Waals surface area contributed by atoms with Gasteiger partial charge in [-0.05, 0) is 36.9 Å². The molecule has 7 heteroatoms. The Hall–Kier alpha value is -1.89. The fraction of sp³-hybridized carbons (Fsp3) is 0.100. The molecule has 5 nitrogen and oxygen atoms in total. The van der Waals surface area contributed by atoms with Crippen molar-refractivity contribution in [2.24, 2.45) is 5.73 Å². The number of hydrogen-bond donors (Lipinski definition) is 3. The van der Waals surface area contributed by atoms with Crippen LogP contribution in [0.4, 0.5) is 4.39 Å². The van der Waals surface area contributed by atoms with Gasteiger partial charge in [-0.3, -0.25) is 10.5 Å². The molecule has 0 unspecified atom stereocenters. The molecule has 0 radical (unpaired) electrons. The van der Waals surface area contributed by atoms with E-state index in [-0.39, 0.29) is 5.84 Å². The van der Waals surface area contributed by atoms with Crippen LogP contribution >= 0.6 is 11.8 Å². The maximum absolute atomic E-state index is 13.1. The van der Waals surface area contributed by atoms with Crippen molar-refractivity contribution in [2.45, 2.75) is 17.0 Å². The average Bonchev–Trinajstić information content (AvgIpc) is 2.66. The highest BCUT2D eigenvalue weighted by atomic mass is 32.2. The maximum Gasteiger partial charge on any atom is 0.213 e. The summed E-state index contributed by atoms with van der Waals surface area (Å²) < 4.78 is 13.1. The number of aromatic amines is 1. The number of nitrogens with two attached hydrogens (primary N) is 1. The molecular weight excluding hydrogens is 241 g/mol. The lowest BCUT2D eigenvalue weighted by Gasteiger charge is -2.05. The lowest BCUT2D eigenvalue weighted by molar-refractivity contribution is 0.626. The van der Waals surface area contributed by atoms with Gasteiger partial charge in [0.05, 0.1) is 0 Å². The highest BCUT2D eigenvalue weighted by Gasteiger charge is 2.10. The standard InChI is InChI=1S/C10H10FN5S/c1-5-14-10(16-15-5)17-8-3-2-6(11)4-7(8)9(12)13/h2-4H,1H3,(H3,12,13)(H,14,15,16). The van der Waals surface area contributed by atoms with E-state index in [0.717, 1.165) is 0 Å². The predicted octanol–water partition coefficient (Wildman–Crippen LogP) is 1.69. The van der Waals surface area contributed by atoms with Gasteiger partial charge in [-0.2, -0.15) is 0 Å². The van der Waals surface area contributed by atoms with Crippen LogP contribution in [-0.4, -0.2) is 21.0 Å². The molecule has 0 bridgehead atoms. The van der Waals surface area contributed by atoms with Crippen molar-refractivity contribution in [3.05, 3.63) is 35.4 Å². The normalized spacial score (nSPS) is 10.5. The van der Waals surface area contributed by atoms with Gasteiger partial charge < -0.3 is 5.73 Å². The van der Waals surface area contributed by atoms with E-state index in [1.807, 2.05) is 0 Å². The molecule has 1 heterocycles. The minimum absolute atomic E-state index is 0.181. The van der Waals surface area contributed by atoms with Crippen LogP contribution in [0.25, 0.3) is 0 Å². The van der Waals surface area contributed by atoms with Gasteiger partial charge >= 0.3 is 0 Å². The molecule has 0 amide bonds. The molecule has 2 aromatic rings. The largest absolute Gasteiger partial charge is 0.384 e. The van der Waals surface area contributed by atoms with Crippen LogP contribution in [0.1, 0.15) is 11.4 Å². The number of hydrogen-bond acceptors (Lipinski definition) is 4. The summed E-state index contributed by atoms with van der Waals surface area (Å²) in [5.74, 6) is 0.0870. The van der Waals surface area contributed by atoms with Crippen LogP contribution in [0, 0.1) is 18.2 Å². The molecule has 0 aliphatic rings. The van der Waals surface area contributed by atoms with Gasteiger partial charge in [0, 0.05) is 10.5 Å². The number of rotatable bonds is 3. The summed E-state index contributed by atoms with van der Waals surface area (Å²) in [7, 11) is 0. The lowest BCUT2D eigenvalue weighted by atomic mass is 10.2. The Labute approximate surface area is 101 Å². The Morgan fingerprint density at radius 2 is 2.29 bits per heavy atom. The number of aryl methyl sites for hydroxylation is 1. The van der Waals surface area contributed by atoms with Crippen LogP contribution < -0.4 is 5.73 Å². The first-order chi connectivity index (χ1) is 8.06. The lowest BCUT2D eigenvalue weighted by Crippen LogP contribution is -2.12. The highest BCUT2D eigenvalue weighted by Crippen LogP contribution is 2.28. The molecule has 0 atom stereocenters. The number of nitrogens with one attached hydrogen (secondary N) is 2. The van der Waals surface area contributed by atoms with E-state index in [9.17, 15) is 4.39 Å². The van der Waals surface area contributed by atoms with Crippen molar-refractivity contribution < 1.29 is 4.39 Å². The van der Waals surface area contributed by atoms with Crippen molar-refractivity contribution >= 4 is 17.6 Å². The van der Waals surface area contributed by atoms with Gasteiger partial charge in [0.1, 0.15) is 17.5 Å². The summed E-state index contributed by atoms with van der Waals surface area (Å²) in [5.41, 5.74) is 5.74. The van der Waals surface area contributed by atoms with Crippen molar-refractivity contribution in [1.82, 2.24) is 15.2 Å². The Morgan fingerprint density at radius 1 is 1.53 bits per heavy atom. The van der Waals surface area contributed by atoms with E-state index in [1.165, 1.54) is 23.9 Å². The number of nitrogen functional groups attached to an aromatic ring is 1. The second kappa shape index (κ2) is 4.54. The number of benzene rings is 1. The number of amidine groups is 1. The van der Waals surface area contributed by atoms with Gasteiger partial charge in [0.15, 0.2) is 0 Å². The number of aromatic nitrogens is 3. The Morgan fingerprint density at radius 3 is 2.88 bits per heavy atom. The van der Waals surface area contributed by atoms with Crippen LogP contribution in [0.3, 0.4) is 0 Å². The molecule has 1 aromatic heterocycles. The molecule has 17 heavy (non-hydrogen) atoms. The molecule has 0 fully saturated rings. The smallest absolute Gasteiger partial charge is 0.213 e. The van der Waals surface area contributed by atoms with Crippen LogP contribution in [0.5, 0.6) is 0 Å². The van der Waals surface area contributed by atoms with Crippen molar-refractivity contribution in [2.75, 3.05) is 0 Å². The summed E-state index contributed by atoms with van der Waals surface area (Å²) >= 11 is 1.23. The summed E-state index contributed by atoms with van der Waals surface area (Å²) in [6, 6.07) is 4.10. The topological polar surface area (TPSA) is 91.4 Å². The minimum atomic E-state index is -0.425. The third kappa shape index (κ3) is 2.62. The monoisotopic (exact) mass is 251 g/mol. The van der Waals surface area contributed by atoms with Gasteiger partial charge in [0.25, 0.3) is 0 Å². The third-order valence-electron chi connectivity index (χ3n) is 2.01. The molecule has 2 rings (SSSR count). The zero-order valence-electron chi connectivity index (χ0n) is 8.99. The van der Waals surface area contributed by atoms with E-state index < -0.39 is 5.82 Å². The molecule has 0 saturated carbocycles. The molecule has 0 aliphatic carbocycles. The summed E-state index contributed by atoms with van der Waals surface area (Å²) in [6.07, 6.45) is 0. The highest BCUT2D eigenvalue weighted by molar-refractivity contribution is 7.99. The summed E-state index contributed by atoms with van der Waals surface area (Å²) in [4.78, 5) is 4.77. The molecule has 4 N–H and O–H groups in total.